The minimum Gasteiger partial charge on any atom is -0.497 e. The maximum Gasteiger partial charge on any atom is 0.254 e. The van der Waals surface area contributed by atoms with E-state index in [1.807, 2.05) is 85.2 Å². The van der Waals surface area contributed by atoms with Crippen LogP contribution in [0.25, 0.3) is 16.9 Å². The van der Waals surface area contributed by atoms with Crippen molar-refractivity contribution in [3.05, 3.63) is 95.9 Å². The van der Waals surface area contributed by atoms with Gasteiger partial charge < -0.3 is 14.5 Å². The van der Waals surface area contributed by atoms with E-state index < -0.39 is 11.7 Å². The molecule has 0 bridgehead atoms. The zero-order valence-corrected chi connectivity index (χ0v) is 22.5. The number of imidazole rings is 1. The van der Waals surface area contributed by atoms with Gasteiger partial charge in [0.15, 0.2) is 0 Å². The first-order valence-electron chi connectivity index (χ1n) is 12.5. The lowest BCUT2D eigenvalue weighted by Gasteiger charge is -2.24. The molecular formula is C30H32FN5O3. The van der Waals surface area contributed by atoms with Crippen LogP contribution in [0.4, 0.5) is 10.3 Å². The molecular weight excluding hydrogens is 497 g/mol. The van der Waals surface area contributed by atoms with Crippen molar-refractivity contribution in [1.82, 2.24) is 19.4 Å². The monoisotopic (exact) mass is 529 g/mol. The van der Waals surface area contributed by atoms with Crippen molar-refractivity contribution >= 4 is 17.8 Å². The summed E-state index contributed by atoms with van der Waals surface area (Å²) in [6, 6.07) is 20.7. The van der Waals surface area contributed by atoms with E-state index in [2.05, 4.69) is 5.32 Å². The lowest BCUT2D eigenvalue weighted by Crippen LogP contribution is -2.41. The second-order valence-corrected chi connectivity index (χ2v) is 9.47. The maximum absolute atomic E-state index is 13.4. The number of carbonyl (C=O) groups excluding carboxylic acids is 2. The van der Waals surface area contributed by atoms with Crippen LogP contribution in [0.5, 0.6) is 5.75 Å². The first-order chi connectivity index (χ1) is 18.7. The number of carbonyl (C=O) groups is 2. The van der Waals surface area contributed by atoms with Crippen molar-refractivity contribution in [3.63, 3.8) is 0 Å². The number of benzene rings is 3. The highest BCUT2D eigenvalue weighted by molar-refractivity contribution is 5.99. The molecule has 3 aromatic carbocycles. The fourth-order valence-corrected chi connectivity index (χ4v) is 3.96. The van der Waals surface area contributed by atoms with Crippen LogP contribution in [-0.4, -0.2) is 72.0 Å². The quantitative estimate of drug-likeness (QED) is 0.324. The van der Waals surface area contributed by atoms with Gasteiger partial charge in [-0.05, 0) is 81.7 Å². The fraction of sp³-hybridized carbons (Fsp3) is 0.233. The molecule has 202 valence electrons. The molecule has 9 heteroatoms. The van der Waals surface area contributed by atoms with Gasteiger partial charge in [0.1, 0.15) is 18.1 Å². The van der Waals surface area contributed by atoms with Crippen LogP contribution in [0.2, 0.25) is 0 Å². The van der Waals surface area contributed by atoms with Gasteiger partial charge in [-0.25, -0.2) is 9.37 Å². The summed E-state index contributed by atoms with van der Waals surface area (Å²) in [6.45, 7) is 2.69. The second-order valence-electron chi connectivity index (χ2n) is 9.47. The standard InChI is InChI=1S/C30H32FN5O3/c1-21-5-13-25(14-6-21)36-19-27(22-9-15-26(39-4)16-10-22)32-30(36)33-28(37)20-35(18-17-34(2)3)29(38)23-7-11-24(31)12-8-23/h5-16,19H,17-18,20H2,1-4H3,(H,32,33,37). The van der Waals surface area contributed by atoms with Crippen molar-refractivity contribution in [2.24, 2.45) is 0 Å². The summed E-state index contributed by atoms with van der Waals surface area (Å²) in [7, 11) is 5.39. The number of aryl methyl sites for hydroxylation is 1. The highest BCUT2D eigenvalue weighted by atomic mass is 19.1. The van der Waals surface area contributed by atoms with E-state index in [0.717, 1.165) is 22.6 Å². The van der Waals surface area contributed by atoms with Gasteiger partial charge in [0.2, 0.25) is 11.9 Å². The van der Waals surface area contributed by atoms with Gasteiger partial charge >= 0.3 is 0 Å². The van der Waals surface area contributed by atoms with E-state index in [0.29, 0.717) is 30.3 Å². The van der Waals surface area contributed by atoms with Crippen molar-refractivity contribution in [1.29, 1.82) is 0 Å². The normalized spacial score (nSPS) is 10.9. The predicted molar refractivity (Wildman–Crippen MR) is 150 cm³/mol. The number of hydrogen-bond acceptors (Lipinski definition) is 5. The number of halogens is 1. The lowest BCUT2D eigenvalue weighted by molar-refractivity contribution is -0.117. The number of amides is 2. The first-order valence-corrected chi connectivity index (χ1v) is 12.5. The molecule has 0 fully saturated rings. The molecule has 0 aliphatic rings. The molecule has 0 aliphatic carbocycles. The van der Waals surface area contributed by atoms with Gasteiger partial charge in [-0.1, -0.05) is 17.7 Å². The molecule has 0 unspecified atom stereocenters. The first kappa shape index (κ1) is 27.5. The second kappa shape index (κ2) is 12.4. The molecule has 0 saturated carbocycles. The van der Waals surface area contributed by atoms with Crippen LogP contribution >= 0.6 is 0 Å². The average Bonchev–Trinajstić information content (AvgIpc) is 3.34. The van der Waals surface area contributed by atoms with Gasteiger partial charge in [0.25, 0.3) is 5.91 Å². The molecule has 0 radical (unpaired) electrons. The van der Waals surface area contributed by atoms with Crippen molar-refractivity contribution in [3.8, 4) is 22.7 Å². The van der Waals surface area contributed by atoms with E-state index in [9.17, 15) is 14.0 Å². The third kappa shape index (κ3) is 7.08. The Hall–Kier alpha value is -4.50. The summed E-state index contributed by atoms with van der Waals surface area (Å²) in [6.07, 6.45) is 1.86. The molecule has 0 spiro atoms. The largest absolute Gasteiger partial charge is 0.497 e. The van der Waals surface area contributed by atoms with Crippen molar-refractivity contribution < 1.29 is 18.7 Å². The number of anilines is 1. The van der Waals surface area contributed by atoms with E-state index in [-0.39, 0.29) is 12.5 Å². The number of nitrogens with zero attached hydrogens (tertiary/aromatic N) is 4. The molecule has 1 heterocycles. The van der Waals surface area contributed by atoms with E-state index >= 15 is 0 Å². The van der Waals surface area contributed by atoms with Crippen LogP contribution in [0.3, 0.4) is 0 Å². The van der Waals surface area contributed by atoms with E-state index in [1.54, 1.807) is 7.11 Å². The van der Waals surface area contributed by atoms with Gasteiger partial charge in [-0.3, -0.25) is 19.5 Å². The molecule has 39 heavy (non-hydrogen) atoms. The Balaban J connectivity index is 1.61. The highest BCUT2D eigenvalue weighted by Crippen LogP contribution is 2.26. The summed E-state index contributed by atoms with van der Waals surface area (Å²) in [5.74, 6) is -0.123. The molecule has 8 nitrogen and oxygen atoms in total. The van der Waals surface area contributed by atoms with Crippen LogP contribution in [-0.2, 0) is 4.79 Å². The Bertz CT molecular complexity index is 1410. The molecule has 0 aliphatic heterocycles. The summed E-state index contributed by atoms with van der Waals surface area (Å²) < 4.78 is 20.5. The number of rotatable bonds is 10. The number of likely N-dealkylation sites (N-methyl/N-ethyl adjacent to an activating group) is 1. The zero-order chi connectivity index (χ0) is 27.9. The van der Waals surface area contributed by atoms with E-state index in [1.165, 1.54) is 29.2 Å². The van der Waals surface area contributed by atoms with Gasteiger partial charge in [-0.15, -0.1) is 0 Å². The molecule has 1 N–H and O–H groups in total. The molecule has 4 aromatic rings. The zero-order valence-electron chi connectivity index (χ0n) is 22.5. The molecule has 2 amide bonds. The van der Waals surface area contributed by atoms with Crippen LogP contribution < -0.4 is 10.1 Å². The molecule has 1 aromatic heterocycles. The van der Waals surface area contributed by atoms with Crippen molar-refractivity contribution in [2.75, 3.05) is 46.2 Å². The Morgan fingerprint density at radius 1 is 0.949 bits per heavy atom. The Morgan fingerprint density at radius 3 is 2.23 bits per heavy atom. The van der Waals surface area contributed by atoms with E-state index in [4.69, 9.17) is 9.72 Å². The minimum absolute atomic E-state index is 0.192. The number of nitrogens with one attached hydrogen (secondary N) is 1. The number of methoxy groups -OCH3 is 1. The molecule has 0 atom stereocenters. The van der Waals surface area contributed by atoms with Crippen molar-refractivity contribution in [2.45, 2.75) is 6.92 Å². The number of ether oxygens (including phenoxy) is 1. The Kier molecular flexibility index (Phi) is 8.73. The molecule has 0 saturated heterocycles. The number of aromatic nitrogens is 2. The smallest absolute Gasteiger partial charge is 0.254 e. The average molecular weight is 530 g/mol. The summed E-state index contributed by atoms with van der Waals surface area (Å²) in [5.41, 5.74) is 3.77. The third-order valence-electron chi connectivity index (χ3n) is 6.19. The summed E-state index contributed by atoms with van der Waals surface area (Å²) in [5, 5.41) is 2.89. The summed E-state index contributed by atoms with van der Waals surface area (Å²) in [4.78, 5) is 34.5. The van der Waals surface area contributed by atoms with Gasteiger partial charge in [0, 0.05) is 36.1 Å². The Morgan fingerprint density at radius 2 is 1.62 bits per heavy atom. The van der Waals surface area contributed by atoms with Gasteiger partial charge in [0.05, 0.1) is 12.8 Å². The van der Waals surface area contributed by atoms with Crippen LogP contribution in [0.15, 0.2) is 79.0 Å². The molecule has 4 rings (SSSR count). The predicted octanol–water partition coefficient (Wildman–Crippen LogP) is 4.64. The van der Waals surface area contributed by atoms with Gasteiger partial charge in [-0.2, -0.15) is 0 Å². The van der Waals surface area contributed by atoms with Crippen LogP contribution in [0.1, 0.15) is 15.9 Å². The lowest BCUT2D eigenvalue weighted by atomic mass is 10.1. The third-order valence-corrected chi connectivity index (χ3v) is 6.19. The fourth-order valence-electron chi connectivity index (χ4n) is 3.96. The highest BCUT2D eigenvalue weighted by Gasteiger charge is 2.21. The maximum atomic E-state index is 13.4. The summed E-state index contributed by atoms with van der Waals surface area (Å²) >= 11 is 0. The topological polar surface area (TPSA) is 79.7 Å². The SMILES string of the molecule is COc1ccc(-c2cn(-c3ccc(C)cc3)c(NC(=O)CN(CCN(C)C)C(=O)c3ccc(F)cc3)n2)cc1. The van der Waals surface area contributed by atoms with Crippen LogP contribution in [0, 0.1) is 12.7 Å². The number of hydrogen-bond donors (Lipinski definition) is 1. The Labute approximate surface area is 227 Å². The minimum atomic E-state index is -0.431.